The van der Waals surface area contributed by atoms with Crippen molar-refractivity contribution >= 4 is 34.6 Å². The highest BCUT2D eigenvalue weighted by atomic mass is 35.5. The second kappa shape index (κ2) is 6.58. The number of aromatic amines is 1. The number of aliphatic carboxylic acids is 1. The summed E-state index contributed by atoms with van der Waals surface area (Å²) in [6, 6.07) is 6.90. The van der Waals surface area contributed by atoms with Crippen molar-refractivity contribution in [1.29, 1.82) is 0 Å². The van der Waals surface area contributed by atoms with Crippen LogP contribution in [0.5, 0.6) is 0 Å². The average molecular weight is 402 g/mol. The molecular formula is C19H18ClN4O2S+. The number of aromatic nitrogens is 3. The Labute approximate surface area is 165 Å². The normalized spacial score (nSPS) is 15.7. The monoisotopic (exact) mass is 401 g/mol. The van der Waals surface area contributed by atoms with E-state index in [0.29, 0.717) is 10.8 Å². The Hall–Kier alpha value is -2.51. The summed E-state index contributed by atoms with van der Waals surface area (Å²) < 4.78 is 2.00. The van der Waals surface area contributed by atoms with Crippen molar-refractivity contribution in [2.45, 2.75) is 33.2 Å². The lowest BCUT2D eigenvalue weighted by Gasteiger charge is -2.09. The molecule has 2 aromatic heterocycles. The van der Waals surface area contributed by atoms with Gasteiger partial charge in [-0.05, 0) is 31.5 Å². The van der Waals surface area contributed by atoms with Crippen molar-refractivity contribution in [3.05, 3.63) is 62.5 Å². The van der Waals surface area contributed by atoms with Gasteiger partial charge in [-0.3, -0.25) is 9.79 Å². The number of carboxylic acids is 1. The molecule has 0 fully saturated rings. The zero-order valence-electron chi connectivity index (χ0n) is 15.1. The van der Waals surface area contributed by atoms with E-state index < -0.39 is 12.0 Å². The van der Waals surface area contributed by atoms with Crippen LogP contribution < -0.4 is 4.57 Å². The number of aryl methyl sites for hydroxylation is 2. The van der Waals surface area contributed by atoms with Gasteiger partial charge in [-0.15, -0.1) is 16.4 Å². The van der Waals surface area contributed by atoms with Crippen LogP contribution in [-0.2, 0) is 4.79 Å². The lowest BCUT2D eigenvalue weighted by molar-refractivity contribution is -0.608. The van der Waals surface area contributed by atoms with Crippen molar-refractivity contribution in [1.82, 2.24) is 10.2 Å². The fourth-order valence-corrected chi connectivity index (χ4v) is 4.69. The first-order valence-corrected chi connectivity index (χ1v) is 9.69. The van der Waals surface area contributed by atoms with Gasteiger partial charge in [-0.25, -0.2) is 0 Å². The topological polar surface area (TPSA) is 82.2 Å². The number of H-pyrrole nitrogens is 1. The molecule has 3 aromatic rings. The second-order valence-electron chi connectivity index (χ2n) is 6.56. The summed E-state index contributed by atoms with van der Waals surface area (Å²) in [7, 11) is 0. The number of nitrogens with zero attached hydrogens (tertiary/aromatic N) is 3. The van der Waals surface area contributed by atoms with E-state index in [4.69, 9.17) is 16.6 Å². The minimum Gasteiger partial charge on any atom is -0.481 e. The maximum atomic E-state index is 11.5. The molecule has 0 bridgehead atoms. The molecule has 0 amide bonds. The van der Waals surface area contributed by atoms with Gasteiger partial charge in [0.25, 0.3) is 0 Å². The van der Waals surface area contributed by atoms with E-state index in [1.807, 2.05) is 35.8 Å². The van der Waals surface area contributed by atoms with Gasteiger partial charge in [0.05, 0.1) is 17.7 Å². The summed E-state index contributed by atoms with van der Waals surface area (Å²) >= 11 is 7.72. The average Bonchev–Trinajstić information content (AvgIpc) is 3.08. The summed E-state index contributed by atoms with van der Waals surface area (Å²) in [5, 5.41) is 18.4. The van der Waals surface area contributed by atoms with Crippen molar-refractivity contribution in [3.63, 3.8) is 0 Å². The van der Waals surface area contributed by atoms with Crippen molar-refractivity contribution < 1.29 is 14.5 Å². The van der Waals surface area contributed by atoms with E-state index in [0.717, 1.165) is 33.2 Å². The Morgan fingerprint density at radius 1 is 1.30 bits per heavy atom. The maximum Gasteiger partial charge on any atom is 0.308 e. The zero-order chi connectivity index (χ0) is 19.3. The molecule has 1 aliphatic heterocycles. The molecule has 138 valence electrons. The van der Waals surface area contributed by atoms with Crippen LogP contribution >= 0.6 is 22.9 Å². The van der Waals surface area contributed by atoms with Crippen LogP contribution in [0.25, 0.3) is 5.00 Å². The van der Waals surface area contributed by atoms with Gasteiger partial charge in [0.1, 0.15) is 0 Å². The third-order valence-electron chi connectivity index (χ3n) is 4.77. The minimum absolute atomic E-state index is 0.131. The first-order chi connectivity index (χ1) is 12.9. The van der Waals surface area contributed by atoms with Gasteiger partial charge in [0.15, 0.2) is 11.0 Å². The predicted molar refractivity (Wildman–Crippen MR) is 104 cm³/mol. The van der Waals surface area contributed by atoms with Crippen LogP contribution in [0.3, 0.4) is 0 Å². The van der Waals surface area contributed by atoms with Crippen LogP contribution in [0.15, 0.2) is 29.3 Å². The van der Waals surface area contributed by atoms with Crippen molar-refractivity contribution in [2.24, 2.45) is 4.99 Å². The van der Waals surface area contributed by atoms with Crippen LogP contribution in [0.1, 0.15) is 45.7 Å². The Morgan fingerprint density at radius 3 is 2.67 bits per heavy atom. The number of aliphatic imine (C=N–C) groups is 1. The van der Waals surface area contributed by atoms with Gasteiger partial charge in [-0.1, -0.05) is 23.7 Å². The van der Waals surface area contributed by atoms with Crippen molar-refractivity contribution in [2.75, 3.05) is 0 Å². The van der Waals surface area contributed by atoms with Gasteiger partial charge in [0, 0.05) is 27.5 Å². The van der Waals surface area contributed by atoms with E-state index >= 15 is 0 Å². The fourth-order valence-electron chi connectivity index (χ4n) is 3.34. The smallest absolute Gasteiger partial charge is 0.308 e. The third-order valence-corrected chi connectivity index (χ3v) is 6.22. The molecule has 1 aliphatic rings. The van der Waals surface area contributed by atoms with E-state index in [9.17, 15) is 9.90 Å². The number of thiophene rings is 1. The lowest BCUT2D eigenvalue weighted by Crippen LogP contribution is -2.37. The maximum absolute atomic E-state index is 11.5. The number of carbonyl (C=O) groups is 1. The molecule has 0 saturated carbocycles. The number of rotatable bonds is 3. The number of benzene rings is 1. The Kier molecular flexibility index (Phi) is 4.36. The van der Waals surface area contributed by atoms with E-state index in [1.165, 1.54) is 4.88 Å². The summed E-state index contributed by atoms with van der Waals surface area (Å²) in [5.41, 5.74) is 3.84. The highest BCUT2D eigenvalue weighted by molar-refractivity contribution is 7.14. The van der Waals surface area contributed by atoms with Crippen LogP contribution in [0.4, 0.5) is 0 Å². The zero-order valence-corrected chi connectivity index (χ0v) is 16.6. The Bertz CT molecular complexity index is 1080. The molecule has 1 atom stereocenters. The summed E-state index contributed by atoms with van der Waals surface area (Å²) in [6.45, 7) is 6.08. The largest absolute Gasteiger partial charge is 0.481 e. The Balaban J connectivity index is 2.04. The SMILES string of the molecule is Cc1sc2c(c1C)C(c1ccc(Cl)cc1)=NC(CC(=O)O)c1n[nH]c(C)[n+]1-2. The number of fused-ring (bicyclic) bond motifs is 3. The molecule has 1 aromatic carbocycles. The predicted octanol–water partition coefficient (Wildman–Crippen LogP) is 3.69. The molecule has 6 nitrogen and oxygen atoms in total. The van der Waals surface area contributed by atoms with E-state index in [2.05, 4.69) is 24.0 Å². The van der Waals surface area contributed by atoms with Gasteiger partial charge < -0.3 is 5.11 Å². The molecule has 8 heteroatoms. The summed E-state index contributed by atoms with van der Waals surface area (Å²) in [6.07, 6.45) is -0.131. The number of nitrogens with one attached hydrogen (secondary N) is 1. The molecule has 0 spiro atoms. The van der Waals surface area contributed by atoms with Crippen LogP contribution in [0.2, 0.25) is 5.02 Å². The number of hydrogen-bond acceptors (Lipinski definition) is 4. The standard InChI is InChI=1S/C19H17ClN4O2S/c1-9-10(2)27-19-16(9)17(12-4-6-13(20)7-5-12)21-14(8-15(25)26)18-23-22-11(3)24(18)19/h4-7,14H,8H2,1-3H3,(H,25,26)/p+1. The molecule has 27 heavy (non-hydrogen) atoms. The first-order valence-electron chi connectivity index (χ1n) is 8.50. The minimum atomic E-state index is -0.912. The molecule has 3 heterocycles. The van der Waals surface area contributed by atoms with Crippen LogP contribution in [0, 0.1) is 20.8 Å². The summed E-state index contributed by atoms with van der Waals surface area (Å²) in [5.74, 6) is 0.543. The Morgan fingerprint density at radius 2 is 2.00 bits per heavy atom. The van der Waals surface area contributed by atoms with Gasteiger partial charge in [-0.2, -0.15) is 4.57 Å². The van der Waals surface area contributed by atoms with E-state index in [-0.39, 0.29) is 6.42 Å². The molecule has 2 N–H and O–H groups in total. The highest BCUT2D eigenvalue weighted by Crippen LogP contribution is 2.35. The van der Waals surface area contributed by atoms with E-state index in [1.54, 1.807) is 11.3 Å². The summed E-state index contributed by atoms with van der Waals surface area (Å²) in [4.78, 5) is 17.6. The highest BCUT2D eigenvalue weighted by Gasteiger charge is 2.37. The van der Waals surface area contributed by atoms with Gasteiger partial charge in [0.2, 0.25) is 5.82 Å². The molecule has 1 unspecified atom stereocenters. The molecule has 4 rings (SSSR count). The number of carboxylic acid groups (broad SMARTS) is 1. The molecule has 0 radical (unpaired) electrons. The first kappa shape index (κ1) is 17.9. The number of hydrogen-bond donors (Lipinski definition) is 2. The fraction of sp³-hybridized carbons (Fsp3) is 0.263. The second-order valence-corrected chi connectivity index (χ2v) is 8.20. The molecule has 0 aliphatic carbocycles. The number of halogens is 1. The lowest BCUT2D eigenvalue weighted by atomic mass is 9.99. The molecular weight excluding hydrogens is 384 g/mol. The van der Waals surface area contributed by atoms with Crippen LogP contribution in [-0.4, -0.2) is 27.0 Å². The molecule has 0 saturated heterocycles. The third kappa shape index (κ3) is 2.96. The van der Waals surface area contributed by atoms with Gasteiger partial charge >= 0.3 is 11.8 Å². The quantitative estimate of drug-likeness (QED) is 0.656. The van der Waals surface area contributed by atoms with Crippen molar-refractivity contribution in [3.8, 4) is 5.00 Å².